The Labute approximate surface area is 102 Å². The Morgan fingerprint density at radius 3 is 2.80 bits per heavy atom. The van der Waals surface area contributed by atoms with Gasteiger partial charge in [-0.05, 0) is 18.2 Å². The number of aliphatic hydroxyl groups is 1. The van der Waals surface area contributed by atoms with Gasteiger partial charge in [0, 0.05) is 4.47 Å². The molecule has 0 aliphatic carbocycles. The summed E-state index contributed by atoms with van der Waals surface area (Å²) in [6, 6.07) is 5.40. The van der Waals surface area contributed by atoms with Crippen LogP contribution in [0.1, 0.15) is 0 Å². The van der Waals surface area contributed by atoms with Gasteiger partial charge in [0.15, 0.2) is 0 Å². The molecule has 0 radical (unpaired) electrons. The van der Waals surface area contributed by atoms with E-state index in [0.717, 1.165) is 4.47 Å². The van der Waals surface area contributed by atoms with Crippen LogP contribution in [-0.2, 0) is 4.74 Å². The predicted octanol–water partition coefficient (Wildman–Crippen LogP) is 2.49. The summed E-state index contributed by atoms with van der Waals surface area (Å²) in [5, 5.41) is 9.04. The largest absolute Gasteiger partial charge is 0.490 e. The standard InChI is InChI=1S/C10H12BrClO3/c11-8-1-2-9(12)10(7-8)15-6-5-14-4-3-13/h1-2,7,13H,3-6H2. The maximum absolute atomic E-state index is 8.47. The van der Waals surface area contributed by atoms with Crippen molar-refractivity contribution in [2.45, 2.75) is 0 Å². The quantitative estimate of drug-likeness (QED) is 0.820. The average Bonchev–Trinajstić information content (AvgIpc) is 2.23. The topological polar surface area (TPSA) is 38.7 Å². The second-order valence-electron chi connectivity index (χ2n) is 2.76. The van der Waals surface area contributed by atoms with Gasteiger partial charge >= 0.3 is 0 Å². The van der Waals surface area contributed by atoms with Crippen LogP contribution in [0.4, 0.5) is 0 Å². The van der Waals surface area contributed by atoms with Gasteiger partial charge in [-0.2, -0.15) is 0 Å². The summed E-state index contributed by atoms with van der Waals surface area (Å²) in [5.41, 5.74) is 0. The minimum Gasteiger partial charge on any atom is -0.490 e. The van der Waals surface area contributed by atoms with Crippen molar-refractivity contribution in [2.24, 2.45) is 0 Å². The van der Waals surface area contributed by atoms with Crippen molar-refractivity contribution in [1.29, 1.82) is 0 Å². The van der Waals surface area contributed by atoms with Gasteiger partial charge in [-0.1, -0.05) is 27.5 Å². The maximum Gasteiger partial charge on any atom is 0.139 e. The zero-order chi connectivity index (χ0) is 11.1. The molecule has 3 nitrogen and oxygen atoms in total. The molecule has 0 fully saturated rings. The molecule has 1 aromatic carbocycles. The summed E-state index contributed by atoms with van der Waals surface area (Å²) in [7, 11) is 0. The number of aliphatic hydroxyl groups excluding tert-OH is 1. The molecule has 1 N–H and O–H groups in total. The highest BCUT2D eigenvalue weighted by Gasteiger charge is 2.01. The monoisotopic (exact) mass is 294 g/mol. The van der Waals surface area contributed by atoms with Gasteiger partial charge < -0.3 is 14.6 Å². The molecule has 15 heavy (non-hydrogen) atoms. The molecule has 0 aromatic heterocycles. The Balaban J connectivity index is 2.33. The molecule has 0 heterocycles. The Morgan fingerprint density at radius 2 is 2.07 bits per heavy atom. The van der Waals surface area contributed by atoms with Gasteiger partial charge in [-0.15, -0.1) is 0 Å². The lowest BCUT2D eigenvalue weighted by Gasteiger charge is -2.08. The highest BCUT2D eigenvalue weighted by molar-refractivity contribution is 9.10. The average molecular weight is 296 g/mol. The van der Waals surface area contributed by atoms with Crippen LogP contribution in [-0.4, -0.2) is 31.5 Å². The van der Waals surface area contributed by atoms with Crippen molar-refractivity contribution < 1.29 is 14.6 Å². The Bertz CT molecular complexity index is 307. The fraction of sp³-hybridized carbons (Fsp3) is 0.400. The normalized spacial score (nSPS) is 10.3. The molecule has 0 bridgehead atoms. The van der Waals surface area contributed by atoms with Crippen molar-refractivity contribution in [2.75, 3.05) is 26.4 Å². The molecule has 0 saturated heterocycles. The first-order chi connectivity index (χ1) is 7.24. The Kier molecular flexibility index (Phi) is 6.02. The number of rotatable bonds is 6. The molecule has 84 valence electrons. The van der Waals surface area contributed by atoms with Crippen LogP contribution >= 0.6 is 27.5 Å². The highest BCUT2D eigenvalue weighted by Crippen LogP contribution is 2.27. The summed E-state index contributed by atoms with van der Waals surface area (Å²) in [5.74, 6) is 0.624. The number of ether oxygens (including phenoxy) is 2. The summed E-state index contributed by atoms with van der Waals surface area (Å²) < 4.78 is 11.4. The van der Waals surface area contributed by atoms with Crippen LogP contribution in [0.3, 0.4) is 0 Å². The van der Waals surface area contributed by atoms with E-state index in [9.17, 15) is 0 Å². The van der Waals surface area contributed by atoms with Crippen molar-refractivity contribution in [3.8, 4) is 5.75 Å². The lowest BCUT2D eigenvalue weighted by molar-refractivity contribution is 0.0705. The molecular weight excluding hydrogens is 283 g/mol. The third kappa shape index (κ3) is 4.84. The first-order valence-corrected chi connectivity index (χ1v) is 5.67. The molecule has 0 amide bonds. The van der Waals surface area contributed by atoms with E-state index in [1.54, 1.807) is 12.1 Å². The van der Waals surface area contributed by atoms with Gasteiger partial charge in [0.1, 0.15) is 12.4 Å². The third-order valence-electron chi connectivity index (χ3n) is 1.61. The van der Waals surface area contributed by atoms with E-state index in [4.69, 9.17) is 26.2 Å². The number of halogens is 2. The van der Waals surface area contributed by atoms with E-state index in [1.165, 1.54) is 0 Å². The fourth-order valence-corrected chi connectivity index (χ4v) is 1.48. The summed E-state index contributed by atoms with van der Waals surface area (Å²) in [6.45, 7) is 1.20. The van der Waals surface area contributed by atoms with Crippen LogP contribution in [0.2, 0.25) is 5.02 Å². The molecule has 1 rings (SSSR count). The van der Waals surface area contributed by atoms with E-state index >= 15 is 0 Å². The second-order valence-corrected chi connectivity index (χ2v) is 4.08. The van der Waals surface area contributed by atoms with E-state index in [0.29, 0.717) is 30.6 Å². The van der Waals surface area contributed by atoms with Crippen molar-refractivity contribution in [3.05, 3.63) is 27.7 Å². The van der Waals surface area contributed by atoms with Crippen LogP contribution in [0.5, 0.6) is 5.75 Å². The smallest absolute Gasteiger partial charge is 0.139 e. The van der Waals surface area contributed by atoms with Crippen LogP contribution in [0.15, 0.2) is 22.7 Å². The minimum atomic E-state index is 0.0254. The molecular formula is C10H12BrClO3. The van der Waals surface area contributed by atoms with Crippen LogP contribution in [0.25, 0.3) is 0 Å². The number of benzene rings is 1. The van der Waals surface area contributed by atoms with Gasteiger partial charge in [-0.3, -0.25) is 0 Å². The van der Waals surface area contributed by atoms with Gasteiger partial charge in [0.25, 0.3) is 0 Å². The Morgan fingerprint density at radius 1 is 1.27 bits per heavy atom. The van der Waals surface area contributed by atoms with E-state index in [-0.39, 0.29) is 6.61 Å². The summed E-state index contributed by atoms with van der Waals surface area (Å²) >= 11 is 9.24. The molecule has 0 aliphatic rings. The van der Waals surface area contributed by atoms with Gasteiger partial charge in [-0.25, -0.2) is 0 Å². The van der Waals surface area contributed by atoms with E-state index in [2.05, 4.69) is 15.9 Å². The predicted molar refractivity (Wildman–Crippen MR) is 62.6 cm³/mol. The van der Waals surface area contributed by atoms with E-state index < -0.39 is 0 Å². The molecule has 0 saturated carbocycles. The molecule has 1 aromatic rings. The molecule has 0 unspecified atom stereocenters. The SMILES string of the molecule is OCCOCCOc1cc(Br)ccc1Cl. The second kappa shape index (κ2) is 7.06. The van der Waals surface area contributed by atoms with Crippen molar-refractivity contribution in [3.63, 3.8) is 0 Å². The van der Waals surface area contributed by atoms with Crippen molar-refractivity contribution in [1.82, 2.24) is 0 Å². The Hall–Kier alpha value is -0.290. The maximum atomic E-state index is 8.47. The highest BCUT2D eigenvalue weighted by atomic mass is 79.9. The first kappa shape index (κ1) is 12.8. The first-order valence-electron chi connectivity index (χ1n) is 4.50. The molecule has 0 spiro atoms. The summed E-state index contributed by atoms with van der Waals surface area (Å²) in [6.07, 6.45) is 0. The zero-order valence-corrected chi connectivity index (χ0v) is 10.4. The van der Waals surface area contributed by atoms with Crippen LogP contribution in [0, 0.1) is 0 Å². The third-order valence-corrected chi connectivity index (χ3v) is 2.42. The number of hydrogen-bond acceptors (Lipinski definition) is 3. The van der Waals surface area contributed by atoms with Gasteiger partial charge in [0.05, 0.1) is 24.8 Å². The van der Waals surface area contributed by atoms with E-state index in [1.807, 2.05) is 6.07 Å². The number of hydrogen-bond donors (Lipinski definition) is 1. The molecule has 5 heteroatoms. The summed E-state index contributed by atoms with van der Waals surface area (Å²) in [4.78, 5) is 0. The van der Waals surface area contributed by atoms with Gasteiger partial charge in [0.2, 0.25) is 0 Å². The molecule has 0 aliphatic heterocycles. The zero-order valence-electron chi connectivity index (χ0n) is 8.08. The van der Waals surface area contributed by atoms with Crippen molar-refractivity contribution >= 4 is 27.5 Å². The minimum absolute atomic E-state index is 0.0254. The van der Waals surface area contributed by atoms with Crippen LogP contribution < -0.4 is 4.74 Å². The molecule has 0 atom stereocenters. The lowest BCUT2D eigenvalue weighted by atomic mass is 10.3. The fourth-order valence-electron chi connectivity index (χ4n) is 0.965. The lowest BCUT2D eigenvalue weighted by Crippen LogP contribution is -2.09.